The third-order valence-corrected chi connectivity index (χ3v) is 1.62. The smallest absolute Gasteiger partial charge is 0.464 e. The Morgan fingerprint density at radius 3 is 2.41 bits per heavy atom. The van der Waals surface area contributed by atoms with Crippen molar-refractivity contribution in [3.8, 4) is 0 Å². The summed E-state index contributed by atoms with van der Waals surface area (Å²) in [5, 5.41) is 11.6. The van der Waals surface area contributed by atoms with Crippen LogP contribution in [-0.2, 0) is 17.1 Å². The van der Waals surface area contributed by atoms with Gasteiger partial charge in [-0.05, 0) is 6.21 Å². The molecule has 0 radical (unpaired) electrons. The monoisotopic (exact) mass is 272 g/mol. The molecule has 0 atom stereocenters. The number of amides is 1. The first kappa shape index (κ1) is 15.2. The minimum atomic E-state index is -1.16. The van der Waals surface area contributed by atoms with E-state index in [0.717, 1.165) is 5.56 Å². The van der Waals surface area contributed by atoms with Crippen LogP contribution in [0.4, 0.5) is 4.79 Å². The number of nitrogens with zero attached hydrogens (tertiary/aromatic N) is 1. The second-order valence-corrected chi connectivity index (χ2v) is 2.86. The minimum absolute atomic E-state index is 0. The number of carboxylic acid groups (broad SMARTS) is 1. The minimum Gasteiger partial charge on any atom is -0.464 e. The van der Waals surface area contributed by atoms with Gasteiger partial charge in [-0.3, -0.25) is 0 Å². The molecule has 2 rings (SSSR count). The van der Waals surface area contributed by atoms with Gasteiger partial charge >= 0.3 is 23.2 Å². The van der Waals surface area contributed by atoms with Crippen molar-refractivity contribution in [2.75, 3.05) is 0 Å². The molecule has 90 valence electrons. The van der Waals surface area contributed by atoms with Gasteiger partial charge in [-0.2, -0.15) is 47.1 Å². The largest absolute Gasteiger partial charge is 2.00 e. The van der Waals surface area contributed by atoms with E-state index in [1.165, 1.54) is 6.21 Å². The molecule has 1 amide bonds. The van der Waals surface area contributed by atoms with Crippen molar-refractivity contribution >= 4 is 12.3 Å². The molecule has 0 spiro atoms. The Balaban J connectivity index is 0.000000360. The van der Waals surface area contributed by atoms with Gasteiger partial charge in [-0.15, -0.1) is 0 Å². The van der Waals surface area contributed by atoms with Gasteiger partial charge in [0.1, 0.15) is 0 Å². The molecule has 0 saturated carbocycles. The molecule has 0 aliphatic rings. The van der Waals surface area contributed by atoms with Crippen molar-refractivity contribution < 1.29 is 27.0 Å². The van der Waals surface area contributed by atoms with Gasteiger partial charge in [0, 0.05) is 0 Å². The van der Waals surface area contributed by atoms with Gasteiger partial charge in [0.15, 0.2) is 0 Å². The van der Waals surface area contributed by atoms with Crippen LogP contribution in [0.25, 0.3) is 0 Å². The SMILES string of the molecule is O=C(O)N/N=C/c1cc[cH-]c1.[Fe+2].c1cc[cH-]c1. The molecular formula is C12H12FeN2O2. The summed E-state index contributed by atoms with van der Waals surface area (Å²) < 4.78 is 0. The van der Waals surface area contributed by atoms with Crippen molar-refractivity contribution in [2.24, 2.45) is 5.10 Å². The van der Waals surface area contributed by atoms with Gasteiger partial charge in [-0.25, -0.2) is 28.4 Å². The van der Waals surface area contributed by atoms with Crippen LogP contribution in [0.5, 0.6) is 0 Å². The maximum Gasteiger partial charge on any atom is 2.00 e. The van der Waals surface area contributed by atoms with Gasteiger partial charge in [-0.1, -0.05) is 0 Å². The van der Waals surface area contributed by atoms with Gasteiger partial charge in [0.2, 0.25) is 0 Å². The number of hydrogen-bond acceptors (Lipinski definition) is 2. The summed E-state index contributed by atoms with van der Waals surface area (Å²) >= 11 is 0. The molecule has 5 heteroatoms. The zero-order chi connectivity index (χ0) is 11.6. The Hall–Kier alpha value is -1.84. The van der Waals surface area contributed by atoms with Crippen LogP contribution in [0.15, 0.2) is 59.7 Å². The summed E-state index contributed by atoms with van der Waals surface area (Å²) in [7, 11) is 0. The fourth-order valence-corrected chi connectivity index (χ4v) is 0.958. The van der Waals surface area contributed by atoms with Crippen molar-refractivity contribution in [2.45, 2.75) is 0 Å². The summed E-state index contributed by atoms with van der Waals surface area (Å²) in [4.78, 5) is 9.90. The summed E-state index contributed by atoms with van der Waals surface area (Å²) in [6, 6.07) is 17.4. The average Bonchev–Trinajstić information content (AvgIpc) is 2.93. The molecule has 2 N–H and O–H groups in total. The molecule has 2 aromatic carbocycles. The van der Waals surface area contributed by atoms with Crippen LogP contribution in [0.1, 0.15) is 5.56 Å². The zero-order valence-corrected chi connectivity index (χ0v) is 10.0. The molecule has 2 aromatic rings. The van der Waals surface area contributed by atoms with E-state index in [9.17, 15) is 4.79 Å². The van der Waals surface area contributed by atoms with Crippen LogP contribution in [0, 0.1) is 0 Å². The normalized spacial score (nSPS) is 8.94. The van der Waals surface area contributed by atoms with Crippen molar-refractivity contribution in [3.63, 3.8) is 0 Å². The van der Waals surface area contributed by atoms with E-state index in [4.69, 9.17) is 5.11 Å². The van der Waals surface area contributed by atoms with Crippen LogP contribution in [-0.4, -0.2) is 17.4 Å². The molecule has 17 heavy (non-hydrogen) atoms. The number of rotatable bonds is 2. The Bertz CT molecular complexity index is 390. The second-order valence-electron chi connectivity index (χ2n) is 2.86. The first-order valence-electron chi connectivity index (χ1n) is 4.69. The molecule has 0 aliphatic carbocycles. The van der Waals surface area contributed by atoms with Gasteiger partial charge < -0.3 is 5.11 Å². The predicted octanol–water partition coefficient (Wildman–Crippen LogP) is 2.41. The number of hydrazone groups is 1. The van der Waals surface area contributed by atoms with E-state index < -0.39 is 6.09 Å². The summed E-state index contributed by atoms with van der Waals surface area (Å²) in [5.74, 6) is 0. The Kier molecular flexibility index (Phi) is 8.37. The molecule has 0 bridgehead atoms. The van der Waals surface area contributed by atoms with E-state index >= 15 is 0 Å². The van der Waals surface area contributed by atoms with E-state index in [-0.39, 0.29) is 17.1 Å². The van der Waals surface area contributed by atoms with Crippen molar-refractivity contribution in [1.82, 2.24) is 5.43 Å². The Morgan fingerprint density at radius 1 is 1.29 bits per heavy atom. The molecule has 0 aromatic heterocycles. The molecule has 0 aliphatic heterocycles. The summed E-state index contributed by atoms with van der Waals surface area (Å²) in [5.41, 5.74) is 2.74. The predicted molar refractivity (Wildman–Crippen MR) is 62.8 cm³/mol. The topological polar surface area (TPSA) is 61.7 Å². The van der Waals surface area contributed by atoms with Crippen LogP contribution < -0.4 is 5.43 Å². The molecule has 4 nitrogen and oxygen atoms in total. The van der Waals surface area contributed by atoms with Crippen LogP contribution >= 0.6 is 0 Å². The Morgan fingerprint density at radius 2 is 2.00 bits per heavy atom. The average molecular weight is 272 g/mol. The van der Waals surface area contributed by atoms with Crippen LogP contribution in [0.2, 0.25) is 0 Å². The number of hydrogen-bond donors (Lipinski definition) is 2. The summed E-state index contributed by atoms with van der Waals surface area (Å²) in [6.07, 6.45) is 0.279. The number of nitrogens with one attached hydrogen (secondary N) is 1. The molecule has 0 fully saturated rings. The van der Waals surface area contributed by atoms with Crippen molar-refractivity contribution in [1.29, 1.82) is 0 Å². The molecule has 0 saturated heterocycles. The Labute approximate surface area is 110 Å². The molecule has 0 unspecified atom stereocenters. The third kappa shape index (κ3) is 8.02. The van der Waals surface area contributed by atoms with Gasteiger partial charge in [0.05, 0.1) is 0 Å². The molecular weight excluding hydrogens is 260 g/mol. The van der Waals surface area contributed by atoms with Crippen LogP contribution in [0.3, 0.4) is 0 Å². The van der Waals surface area contributed by atoms with E-state index in [1.807, 2.05) is 60.0 Å². The van der Waals surface area contributed by atoms with E-state index in [2.05, 4.69) is 5.10 Å². The van der Waals surface area contributed by atoms with E-state index in [0.29, 0.717) is 0 Å². The molecule has 0 heterocycles. The fourth-order valence-electron chi connectivity index (χ4n) is 0.958. The number of carbonyl (C=O) groups is 1. The quantitative estimate of drug-likeness (QED) is 0.381. The first-order chi connectivity index (χ1) is 7.79. The van der Waals surface area contributed by atoms with E-state index in [1.54, 1.807) is 0 Å². The second kappa shape index (κ2) is 9.39. The fraction of sp³-hybridized carbons (Fsp3) is 0. The first-order valence-corrected chi connectivity index (χ1v) is 4.69. The van der Waals surface area contributed by atoms with Gasteiger partial charge in [0.25, 0.3) is 0 Å². The summed E-state index contributed by atoms with van der Waals surface area (Å²) in [6.45, 7) is 0. The zero-order valence-electron chi connectivity index (χ0n) is 8.93. The van der Waals surface area contributed by atoms with Crippen molar-refractivity contribution in [3.05, 3.63) is 60.2 Å². The maximum atomic E-state index is 9.90. The standard InChI is InChI=1S/C7H7N2O2.C5H5.Fe/c10-7(11)9-8-5-6-3-1-2-4-6;1-2-4-5-3-1;/h1-5,9H,(H,10,11);1-5H;/q2*-1;+2/b8-5+;;. The third-order valence-electron chi connectivity index (χ3n) is 1.62. The maximum absolute atomic E-state index is 9.90.